The van der Waals surface area contributed by atoms with Crippen LogP contribution in [-0.4, -0.2) is 37.2 Å². The molecular weight excluding hydrogens is 248 g/mol. The minimum Gasteiger partial charge on any atom is -0.385 e. The summed E-state index contributed by atoms with van der Waals surface area (Å²) in [5.74, 6) is 0. The SMILES string of the molecule is CCN(Cc1cccc2c1CCCN2)CC1CCCO1. The van der Waals surface area contributed by atoms with Crippen molar-refractivity contribution in [2.75, 3.05) is 31.6 Å². The number of anilines is 1. The van der Waals surface area contributed by atoms with Gasteiger partial charge in [-0.3, -0.25) is 4.90 Å². The van der Waals surface area contributed by atoms with E-state index in [1.807, 2.05) is 0 Å². The molecule has 1 aromatic rings. The summed E-state index contributed by atoms with van der Waals surface area (Å²) in [7, 11) is 0. The maximum absolute atomic E-state index is 5.78. The molecule has 3 rings (SSSR count). The van der Waals surface area contributed by atoms with Crippen LogP contribution in [0.25, 0.3) is 0 Å². The molecule has 2 heterocycles. The minimum atomic E-state index is 0.451. The number of benzene rings is 1. The van der Waals surface area contributed by atoms with Crippen LogP contribution in [0.4, 0.5) is 5.69 Å². The second-order valence-electron chi connectivity index (χ2n) is 5.94. The van der Waals surface area contributed by atoms with Gasteiger partial charge in [0, 0.05) is 31.9 Å². The fraction of sp³-hybridized carbons (Fsp3) is 0.647. The van der Waals surface area contributed by atoms with Gasteiger partial charge in [0.05, 0.1) is 6.10 Å². The third-order valence-electron chi connectivity index (χ3n) is 4.52. The number of nitrogens with one attached hydrogen (secondary N) is 1. The summed E-state index contributed by atoms with van der Waals surface area (Å²) < 4.78 is 5.78. The summed E-state index contributed by atoms with van der Waals surface area (Å²) in [6, 6.07) is 6.70. The number of hydrogen-bond donors (Lipinski definition) is 1. The van der Waals surface area contributed by atoms with E-state index >= 15 is 0 Å². The van der Waals surface area contributed by atoms with Gasteiger partial charge in [-0.25, -0.2) is 0 Å². The molecule has 0 saturated carbocycles. The molecule has 0 spiro atoms. The molecule has 3 nitrogen and oxygen atoms in total. The van der Waals surface area contributed by atoms with Crippen LogP contribution in [0.1, 0.15) is 37.3 Å². The first kappa shape index (κ1) is 13.9. The van der Waals surface area contributed by atoms with E-state index in [1.54, 1.807) is 0 Å². The molecule has 1 unspecified atom stereocenters. The monoisotopic (exact) mass is 274 g/mol. The molecule has 0 amide bonds. The molecule has 0 bridgehead atoms. The molecule has 1 aromatic carbocycles. The number of rotatable bonds is 5. The van der Waals surface area contributed by atoms with Crippen molar-refractivity contribution in [3.8, 4) is 0 Å². The molecular formula is C17H26N2O. The summed E-state index contributed by atoms with van der Waals surface area (Å²) in [4.78, 5) is 2.53. The van der Waals surface area contributed by atoms with Gasteiger partial charge < -0.3 is 10.1 Å². The van der Waals surface area contributed by atoms with E-state index in [4.69, 9.17) is 4.74 Å². The third-order valence-corrected chi connectivity index (χ3v) is 4.52. The van der Waals surface area contributed by atoms with E-state index in [1.165, 1.54) is 42.5 Å². The van der Waals surface area contributed by atoms with Crippen LogP contribution in [0.2, 0.25) is 0 Å². The Morgan fingerprint density at radius 3 is 3.10 bits per heavy atom. The fourth-order valence-electron chi connectivity index (χ4n) is 3.35. The van der Waals surface area contributed by atoms with Gasteiger partial charge in [-0.05, 0) is 49.4 Å². The first-order valence-corrected chi connectivity index (χ1v) is 8.05. The molecule has 3 heteroatoms. The Kier molecular flexibility index (Phi) is 4.58. The quantitative estimate of drug-likeness (QED) is 0.893. The first-order chi connectivity index (χ1) is 9.86. The lowest BCUT2D eigenvalue weighted by Gasteiger charge is -2.27. The highest BCUT2D eigenvalue weighted by molar-refractivity contribution is 5.56. The van der Waals surface area contributed by atoms with Crippen LogP contribution in [0.15, 0.2) is 18.2 Å². The number of hydrogen-bond acceptors (Lipinski definition) is 3. The average molecular weight is 274 g/mol. The Morgan fingerprint density at radius 1 is 1.35 bits per heavy atom. The van der Waals surface area contributed by atoms with Gasteiger partial charge in [0.25, 0.3) is 0 Å². The van der Waals surface area contributed by atoms with Crippen molar-refractivity contribution in [1.82, 2.24) is 4.90 Å². The molecule has 1 saturated heterocycles. The highest BCUT2D eigenvalue weighted by Crippen LogP contribution is 2.26. The Labute approximate surface area is 122 Å². The second-order valence-corrected chi connectivity index (χ2v) is 5.94. The van der Waals surface area contributed by atoms with Crippen molar-refractivity contribution in [3.63, 3.8) is 0 Å². The lowest BCUT2D eigenvalue weighted by molar-refractivity contribution is 0.0724. The van der Waals surface area contributed by atoms with Gasteiger partial charge in [0.15, 0.2) is 0 Å². The lowest BCUT2D eigenvalue weighted by Crippen LogP contribution is -2.32. The van der Waals surface area contributed by atoms with E-state index in [9.17, 15) is 0 Å². The zero-order chi connectivity index (χ0) is 13.8. The second kappa shape index (κ2) is 6.59. The van der Waals surface area contributed by atoms with Crippen molar-refractivity contribution in [1.29, 1.82) is 0 Å². The van der Waals surface area contributed by atoms with Gasteiger partial charge in [-0.1, -0.05) is 19.1 Å². The molecule has 2 aliphatic rings. The van der Waals surface area contributed by atoms with E-state index < -0.39 is 0 Å². The van der Waals surface area contributed by atoms with Crippen LogP contribution in [-0.2, 0) is 17.7 Å². The lowest BCUT2D eigenvalue weighted by atomic mass is 9.97. The normalized spacial score (nSPS) is 21.8. The molecule has 1 fully saturated rings. The van der Waals surface area contributed by atoms with Gasteiger partial charge in [-0.15, -0.1) is 0 Å². The Morgan fingerprint density at radius 2 is 2.30 bits per heavy atom. The number of nitrogens with zero attached hydrogens (tertiary/aromatic N) is 1. The largest absolute Gasteiger partial charge is 0.385 e. The third kappa shape index (κ3) is 3.15. The molecule has 2 aliphatic heterocycles. The van der Waals surface area contributed by atoms with Crippen molar-refractivity contribution in [3.05, 3.63) is 29.3 Å². The van der Waals surface area contributed by atoms with Crippen LogP contribution in [0, 0.1) is 0 Å². The van der Waals surface area contributed by atoms with Crippen LogP contribution < -0.4 is 5.32 Å². The van der Waals surface area contributed by atoms with Crippen molar-refractivity contribution >= 4 is 5.69 Å². The summed E-state index contributed by atoms with van der Waals surface area (Å²) in [5.41, 5.74) is 4.38. The molecule has 1 atom stereocenters. The Hall–Kier alpha value is -1.06. The zero-order valence-electron chi connectivity index (χ0n) is 12.5. The van der Waals surface area contributed by atoms with Gasteiger partial charge in [-0.2, -0.15) is 0 Å². The molecule has 0 aromatic heterocycles. The number of fused-ring (bicyclic) bond motifs is 1. The number of likely N-dealkylation sites (N-methyl/N-ethyl adjacent to an activating group) is 1. The fourth-order valence-corrected chi connectivity index (χ4v) is 3.35. The maximum atomic E-state index is 5.78. The van der Waals surface area contributed by atoms with E-state index in [0.29, 0.717) is 6.10 Å². The predicted molar refractivity (Wildman–Crippen MR) is 83.2 cm³/mol. The standard InChI is InChI=1S/C17H26N2O/c1-2-19(13-15-7-5-11-20-15)12-14-6-3-9-17-16(14)8-4-10-18-17/h3,6,9,15,18H,2,4-5,7-8,10-13H2,1H3. The summed E-state index contributed by atoms with van der Waals surface area (Å²) >= 11 is 0. The summed E-state index contributed by atoms with van der Waals surface area (Å²) in [5, 5.41) is 3.52. The summed E-state index contributed by atoms with van der Waals surface area (Å²) in [6.45, 7) is 7.55. The van der Waals surface area contributed by atoms with Crippen LogP contribution >= 0.6 is 0 Å². The first-order valence-electron chi connectivity index (χ1n) is 8.05. The van der Waals surface area contributed by atoms with E-state index in [-0.39, 0.29) is 0 Å². The van der Waals surface area contributed by atoms with Gasteiger partial charge >= 0.3 is 0 Å². The Balaban J connectivity index is 1.68. The highest BCUT2D eigenvalue weighted by atomic mass is 16.5. The molecule has 0 aliphatic carbocycles. The minimum absolute atomic E-state index is 0.451. The van der Waals surface area contributed by atoms with Crippen molar-refractivity contribution in [2.24, 2.45) is 0 Å². The van der Waals surface area contributed by atoms with Gasteiger partial charge in [0.1, 0.15) is 0 Å². The highest BCUT2D eigenvalue weighted by Gasteiger charge is 2.20. The molecule has 110 valence electrons. The van der Waals surface area contributed by atoms with Crippen LogP contribution in [0.3, 0.4) is 0 Å². The molecule has 0 radical (unpaired) electrons. The van der Waals surface area contributed by atoms with Crippen LogP contribution in [0.5, 0.6) is 0 Å². The topological polar surface area (TPSA) is 24.5 Å². The van der Waals surface area contributed by atoms with E-state index in [2.05, 4.69) is 35.3 Å². The van der Waals surface area contributed by atoms with Crippen molar-refractivity contribution in [2.45, 2.75) is 45.3 Å². The van der Waals surface area contributed by atoms with Crippen molar-refractivity contribution < 1.29 is 4.74 Å². The zero-order valence-corrected chi connectivity index (χ0v) is 12.5. The predicted octanol–water partition coefficient (Wildman–Crippen LogP) is 3.05. The maximum Gasteiger partial charge on any atom is 0.0702 e. The average Bonchev–Trinajstić information content (AvgIpc) is 3.00. The molecule has 1 N–H and O–H groups in total. The Bertz CT molecular complexity index is 441. The summed E-state index contributed by atoms with van der Waals surface area (Å²) in [6.07, 6.45) is 5.38. The number of ether oxygens (including phenoxy) is 1. The smallest absolute Gasteiger partial charge is 0.0702 e. The molecule has 20 heavy (non-hydrogen) atoms. The van der Waals surface area contributed by atoms with E-state index in [0.717, 1.165) is 32.8 Å². The van der Waals surface area contributed by atoms with Gasteiger partial charge in [0.2, 0.25) is 0 Å².